The van der Waals surface area contributed by atoms with E-state index in [1.807, 2.05) is 29.0 Å². The van der Waals surface area contributed by atoms with E-state index in [1.54, 1.807) is 11.3 Å². The lowest BCUT2D eigenvalue weighted by Crippen LogP contribution is -1.99. The third kappa shape index (κ3) is 2.23. The lowest BCUT2D eigenvalue weighted by atomic mass is 10.1. The molecule has 0 aliphatic carbocycles. The molecule has 0 saturated carbocycles. The van der Waals surface area contributed by atoms with Crippen LogP contribution in [-0.2, 0) is 6.42 Å². The molecule has 2 rings (SSSR count). The zero-order valence-corrected chi connectivity index (χ0v) is 9.59. The van der Waals surface area contributed by atoms with E-state index in [4.69, 9.17) is 11.6 Å². The molecule has 0 atom stereocenters. The quantitative estimate of drug-likeness (QED) is 0.747. The van der Waals surface area contributed by atoms with Gasteiger partial charge in [0.05, 0.1) is 4.34 Å². The summed E-state index contributed by atoms with van der Waals surface area (Å²) in [6.45, 7) is 0. The molecule has 0 N–H and O–H groups in total. The van der Waals surface area contributed by atoms with Crippen LogP contribution in [0.5, 0.6) is 0 Å². The minimum absolute atomic E-state index is 0.157. The van der Waals surface area contributed by atoms with Gasteiger partial charge in [0.1, 0.15) is 0 Å². The molecule has 0 radical (unpaired) electrons. The summed E-state index contributed by atoms with van der Waals surface area (Å²) in [4.78, 5) is 12.7. The zero-order valence-electron chi connectivity index (χ0n) is 7.20. The van der Waals surface area contributed by atoms with Crippen molar-refractivity contribution < 1.29 is 4.79 Å². The van der Waals surface area contributed by atoms with Gasteiger partial charge in [0.15, 0.2) is 5.78 Å². The van der Waals surface area contributed by atoms with Crippen molar-refractivity contribution in [3.63, 3.8) is 0 Å². The van der Waals surface area contributed by atoms with Gasteiger partial charge in [-0.2, -0.15) is 11.3 Å². The van der Waals surface area contributed by atoms with Gasteiger partial charge in [-0.15, -0.1) is 11.3 Å². The molecular formula is C10H7ClOS2. The van der Waals surface area contributed by atoms with Crippen LogP contribution in [-0.4, -0.2) is 5.78 Å². The van der Waals surface area contributed by atoms with Crippen molar-refractivity contribution in [2.45, 2.75) is 6.42 Å². The molecule has 1 nitrogen and oxygen atoms in total. The van der Waals surface area contributed by atoms with Gasteiger partial charge in [-0.05, 0) is 23.6 Å². The Morgan fingerprint density at radius 1 is 1.36 bits per heavy atom. The molecule has 14 heavy (non-hydrogen) atoms. The molecule has 0 aromatic carbocycles. The average Bonchev–Trinajstić information content (AvgIpc) is 2.75. The van der Waals surface area contributed by atoms with Crippen LogP contribution < -0.4 is 0 Å². The fourth-order valence-electron chi connectivity index (χ4n) is 1.13. The van der Waals surface area contributed by atoms with Crippen molar-refractivity contribution in [2.75, 3.05) is 0 Å². The predicted molar refractivity (Wildman–Crippen MR) is 61.7 cm³/mol. The summed E-state index contributed by atoms with van der Waals surface area (Å²) in [6, 6.07) is 5.57. The van der Waals surface area contributed by atoms with Gasteiger partial charge in [0, 0.05) is 22.2 Å². The van der Waals surface area contributed by atoms with E-state index in [9.17, 15) is 4.79 Å². The Hall–Kier alpha value is -0.640. The normalized spacial score (nSPS) is 10.4. The molecule has 0 fully saturated rings. The van der Waals surface area contributed by atoms with Crippen molar-refractivity contribution in [1.82, 2.24) is 0 Å². The molecule has 0 aliphatic rings. The molecule has 2 heterocycles. The van der Waals surface area contributed by atoms with Gasteiger partial charge in [-0.25, -0.2) is 0 Å². The summed E-state index contributed by atoms with van der Waals surface area (Å²) < 4.78 is 0.734. The van der Waals surface area contributed by atoms with Gasteiger partial charge in [0.2, 0.25) is 0 Å². The fraction of sp³-hybridized carbons (Fsp3) is 0.100. The highest BCUT2D eigenvalue weighted by Crippen LogP contribution is 2.23. The highest BCUT2D eigenvalue weighted by atomic mass is 35.5. The first-order valence-electron chi connectivity index (χ1n) is 4.05. The lowest BCUT2D eigenvalue weighted by molar-refractivity contribution is 0.0994. The average molecular weight is 243 g/mol. The Labute approximate surface area is 95.0 Å². The van der Waals surface area contributed by atoms with Crippen LogP contribution in [0.2, 0.25) is 4.34 Å². The summed E-state index contributed by atoms with van der Waals surface area (Å²) >= 11 is 8.78. The van der Waals surface area contributed by atoms with Crippen LogP contribution in [0.15, 0.2) is 29.0 Å². The fourth-order valence-corrected chi connectivity index (χ4v) is 2.88. The first-order chi connectivity index (χ1) is 6.75. The second-order valence-corrected chi connectivity index (χ2v) is 5.40. The number of carbonyl (C=O) groups is 1. The van der Waals surface area contributed by atoms with Gasteiger partial charge in [0.25, 0.3) is 0 Å². The maximum atomic E-state index is 11.7. The topological polar surface area (TPSA) is 17.1 Å². The maximum absolute atomic E-state index is 11.7. The van der Waals surface area contributed by atoms with E-state index >= 15 is 0 Å². The molecule has 2 aromatic heterocycles. The first-order valence-corrected chi connectivity index (χ1v) is 6.19. The third-order valence-corrected chi connectivity index (χ3v) is 3.72. The Morgan fingerprint density at radius 3 is 2.79 bits per heavy atom. The number of carbonyl (C=O) groups excluding carboxylic acids is 1. The molecule has 72 valence electrons. The summed E-state index contributed by atoms with van der Waals surface area (Å²) in [5.41, 5.74) is 0.791. The Morgan fingerprint density at radius 2 is 2.21 bits per heavy atom. The molecule has 2 aromatic rings. The van der Waals surface area contributed by atoms with E-state index in [0.29, 0.717) is 6.42 Å². The van der Waals surface area contributed by atoms with Crippen LogP contribution in [0, 0.1) is 0 Å². The number of halogens is 1. The third-order valence-electron chi connectivity index (χ3n) is 1.81. The largest absolute Gasteiger partial charge is 0.294 e. The number of ketones is 1. The summed E-state index contributed by atoms with van der Waals surface area (Å²) in [6.07, 6.45) is 0.452. The Bertz CT molecular complexity index is 431. The second kappa shape index (κ2) is 4.26. The van der Waals surface area contributed by atoms with Crippen LogP contribution in [0.4, 0.5) is 0 Å². The number of thiophene rings is 2. The van der Waals surface area contributed by atoms with Crippen molar-refractivity contribution >= 4 is 40.1 Å². The molecule has 4 heteroatoms. The molecule has 0 bridgehead atoms. The second-order valence-electron chi connectivity index (χ2n) is 2.82. The van der Waals surface area contributed by atoms with Gasteiger partial charge >= 0.3 is 0 Å². The Kier molecular flexibility index (Phi) is 3.01. The van der Waals surface area contributed by atoms with Gasteiger partial charge < -0.3 is 0 Å². The van der Waals surface area contributed by atoms with E-state index in [0.717, 1.165) is 14.8 Å². The summed E-state index contributed by atoms with van der Waals surface area (Å²) in [5.74, 6) is 0.157. The van der Waals surface area contributed by atoms with Crippen molar-refractivity contribution in [2.24, 2.45) is 0 Å². The van der Waals surface area contributed by atoms with Crippen molar-refractivity contribution in [3.05, 3.63) is 43.7 Å². The highest BCUT2D eigenvalue weighted by molar-refractivity contribution is 7.16. The van der Waals surface area contributed by atoms with Crippen LogP contribution in [0.3, 0.4) is 0 Å². The molecule has 0 aliphatic heterocycles. The molecule has 0 spiro atoms. The smallest absolute Gasteiger partial charge is 0.168 e. The predicted octanol–water partition coefficient (Wildman–Crippen LogP) is 3.89. The lowest BCUT2D eigenvalue weighted by Gasteiger charge is -1.93. The number of hydrogen-bond donors (Lipinski definition) is 0. The minimum Gasteiger partial charge on any atom is -0.294 e. The first kappa shape index (κ1) is 9.90. The molecule has 0 unspecified atom stereocenters. The van der Waals surface area contributed by atoms with Crippen molar-refractivity contribution in [3.8, 4) is 0 Å². The standard InChI is InChI=1S/C10H7ClOS2/c11-10-2-1-8(14-10)5-9(12)7-3-4-13-6-7/h1-4,6H,5H2. The van der Waals surface area contributed by atoms with Gasteiger partial charge in [-0.3, -0.25) is 4.79 Å². The highest BCUT2D eigenvalue weighted by Gasteiger charge is 2.08. The molecule has 0 saturated heterocycles. The number of rotatable bonds is 3. The van der Waals surface area contributed by atoms with Crippen LogP contribution in [0.25, 0.3) is 0 Å². The van der Waals surface area contributed by atoms with E-state index in [2.05, 4.69) is 0 Å². The monoisotopic (exact) mass is 242 g/mol. The van der Waals surface area contributed by atoms with Gasteiger partial charge in [-0.1, -0.05) is 11.6 Å². The van der Waals surface area contributed by atoms with E-state index < -0.39 is 0 Å². The number of Topliss-reactive ketones (excluding diaryl/α,β-unsaturated/α-hetero) is 1. The van der Waals surface area contributed by atoms with Crippen molar-refractivity contribution in [1.29, 1.82) is 0 Å². The van der Waals surface area contributed by atoms with E-state index in [-0.39, 0.29) is 5.78 Å². The van der Waals surface area contributed by atoms with Crippen LogP contribution in [0.1, 0.15) is 15.2 Å². The molecule has 0 amide bonds. The SMILES string of the molecule is O=C(Cc1ccc(Cl)s1)c1ccsc1. The Balaban J connectivity index is 2.09. The molecular weight excluding hydrogens is 236 g/mol. The summed E-state index contributed by atoms with van der Waals surface area (Å²) in [5, 5.41) is 3.78. The van der Waals surface area contributed by atoms with Crippen LogP contribution >= 0.6 is 34.3 Å². The van der Waals surface area contributed by atoms with E-state index in [1.165, 1.54) is 11.3 Å². The minimum atomic E-state index is 0.157. The maximum Gasteiger partial charge on any atom is 0.168 e. The number of hydrogen-bond acceptors (Lipinski definition) is 3. The summed E-state index contributed by atoms with van der Waals surface area (Å²) in [7, 11) is 0. The zero-order chi connectivity index (χ0) is 9.97.